The summed E-state index contributed by atoms with van der Waals surface area (Å²) in [6.45, 7) is 5.82. The Morgan fingerprint density at radius 1 is 1.03 bits per heavy atom. The zero-order chi connectivity index (χ0) is 20.6. The maximum absolute atomic E-state index is 12.3. The van der Waals surface area contributed by atoms with Gasteiger partial charge in [0.2, 0.25) is 0 Å². The lowest BCUT2D eigenvalue weighted by Gasteiger charge is -2.10. The van der Waals surface area contributed by atoms with Gasteiger partial charge in [-0.3, -0.25) is 9.69 Å². The predicted molar refractivity (Wildman–Crippen MR) is 123 cm³/mol. The maximum atomic E-state index is 12.3. The molecule has 0 unspecified atom stereocenters. The normalized spacial score (nSPS) is 15.2. The van der Waals surface area contributed by atoms with E-state index in [1.807, 2.05) is 49.4 Å². The smallest absolute Gasteiger partial charge is 0.266 e. The second kappa shape index (κ2) is 10.5. The van der Waals surface area contributed by atoms with Crippen molar-refractivity contribution < 1.29 is 14.3 Å². The first kappa shape index (κ1) is 21.4. The number of thiocarbonyl (C=S) groups is 1. The number of hydrogen-bond donors (Lipinski definition) is 0. The van der Waals surface area contributed by atoms with Crippen LogP contribution in [0.25, 0.3) is 6.08 Å². The number of benzene rings is 2. The Hall–Kier alpha value is -2.31. The minimum Gasteiger partial charge on any atom is -0.493 e. The molecular formula is C23H25NO3S2. The predicted octanol–water partition coefficient (Wildman–Crippen LogP) is 5.32. The number of carbonyl (C=O) groups excluding carboxylic acids is 1. The van der Waals surface area contributed by atoms with E-state index in [9.17, 15) is 4.79 Å². The van der Waals surface area contributed by atoms with E-state index in [4.69, 9.17) is 21.7 Å². The van der Waals surface area contributed by atoms with Crippen LogP contribution in [0.4, 0.5) is 0 Å². The Kier molecular flexibility index (Phi) is 7.72. The molecule has 0 bridgehead atoms. The van der Waals surface area contributed by atoms with E-state index in [1.165, 1.54) is 17.3 Å². The molecule has 1 aliphatic rings. The Morgan fingerprint density at radius 2 is 1.76 bits per heavy atom. The molecule has 6 heteroatoms. The average molecular weight is 428 g/mol. The monoisotopic (exact) mass is 427 g/mol. The molecule has 1 amide bonds. The van der Waals surface area contributed by atoms with Crippen molar-refractivity contribution in [2.24, 2.45) is 0 Å². The molecule has 0 atom stereocenters. The molecular weight excluding hydrogens is 402 g/mol. The number of nitrogens with zero attached hydrogens (tertiary/aromatic N) is 1. The van der Waals surface area contributed by atoms with Crippen molar-refractivity contribution in [2.45, 2.75) is 26.7 Å². The van der Waals surface area contributed by atoms with E-state index < -0.39 is 0 Å². The summed E-state index contributed by atoms with van der Waals surface area (Å²) in [6.07, 6.45) is 3.68. The van der Waals surface area contributed by atoms with Crippen molar-refractivity contribution in [3.05, 3.63) is 64.6 Å². The molecule has 0 spiro atoms. The van der Waals surface area contributed by atoms with Gasteiger partial charge in [0, 0.05) is 13.0 Å². The van der Waals surface area contributed by atoms with Crippen molar-refractivity contribution in [3.8, 4) is 11.5 Å². The number of aryl methyl sites for hydroxylation is 1. The quantitative estimate of drug-likeness (QED) is 0.308. The molecule has 152 valence electrons. The van der Waals surface area contributed by atoms with Crippen molar-refractivity contribution >= 4 is 40.3 Å². The lowest BCUT2D eigenvalue weighted by atomic mass is 10.2. The minimum absolute atomic E-state index is 0.0297. The van der Waals surface area contributed by atoms with E-state index in [1.54, 1.807) is 4.90 Å². The second-order valence-corrected chi connectivity index (χ2v) is 8.22. The molecule has 0 N–H and O–H groups in total. The van der Waals surface area contributed by atoms with Crippen LogP contribution in [0, 0.1) is 0 Å². The van der Waals surface area contributed by atoms with Crippen molar-refractivity contribution in [2.75, 3.05) is 19.8 Å². The molecule has 4 nitrogen and oxygen atoms in total. The number of amides is 1. The molecule has 1 heterocycles. The number of hydrogen-bond acceptors (Lipinski definition) is 5. The van der Waals surface area contributed by atoms with Crippen LogP contribution in [0.3, 0.4) is 0 Å². The number of thioether (sulfide) groups is 1. The van der Waals surface area contributed by atoms with Crippen LogP contribution in [0.2, 0.25) is 0 Å². The van der Waals surface area contributed by atoms with Crippen molar-refractivity contribution in [3.63, 3.8) is 0 Å². The SMILES string of the molecule is CCc1ccc(OCCCOc2cccc(/C=C3\SC(=S)N(CC)C3=O)c2)cc1. The lowest BCUT2D eigenvalue weighted by molar-refractivity contribution is -0.121. The molecule has 0 radical (unpaired) electrons. The highest BCUT2D eigenvalue weighted by Crippen LogP contribution is 2.32. The van der Waals surface area contributed by atoms with Gasteiger partial charge in [-0.25, -0.2) is 0 Å². The van der Waals surface area contributed by atoms with Crippen LogP contribution in [0.5, 0.6) is 11.5 Å². The van der Waals surface area contributed by atoms with E-state index in [0.717, 1.165) is 29.9 Å². The lowest BCUT2D eigenvalue weighted by Crippen LogP contribution is -2.27. The number of likely N-dealkylation sites (N-methyl/N-ethyl adjacent to an activating group) is 1. The van der Waals surface area contributed by atoms with E-state index in [0.29, 0.717) is 29.0 Å². The third-order valence-corrected chi connectivity index (χ3v) is 5.88. The molecule has 1 fully saturated rings. The zero-order valence-electron chi connectivity index (χ0n) is 16.7. The van der Waals surface area contributed by atoms with Crippen LogP contribution in [-0.2, 0) is 11.2 Å². The van der Waals surface area contributed by atoms with Crippen LogP contribution < -0.4 is 9.47 Å². The van der Waals surface area contributed by atoms with Crippen molar-refractivity contribution in [1.82, 2.24) is 4.90 Å². The summed E-state index contributed by atoms with van der Waals surface area (Å²) in [4.78, 5) is 14.6. The summed E-state index contributed by atoms with van der Waals surface area (Å²) < 4.78 is 12.2. The highest BCUT2D eigenvalue weighted by atomic mass is 32.2. The highest BCUT2D eigenvalue weighted by Gasteiger charge is 2.30. The Balaban J connectivity index is 1.48. The third-order valence-electron chi connectivity index (χ3n) is 4.50. The van der Waals surface area contributed by atoms with Crippen LogP contribution in [-0.4, -0.2) is 34.9 Å². The topological polar surface area (TPSA) is 38.8 Å². The first-order chi connectivity index (χ1) is 14.1. The molecule has 0 saturated carbocycles. The van der Waals surface area contributed by atoms with Gasteiger partial charge in [0.1, 0.15) is 15.8 Å². The van der Waals surface area contributed by atoms with E-state index >= 15 is 0 Å². The van der Waals surface area contributed by atoms with Gasteiger partial charge in [0.25, 0.3) is 5.91 Å². The maximum Gasteiger partial charge on any atom is 0.266 e. The molecule has 2 aromatic carbocycles. The van der Waals surface area contributed by atoms with Gasteiger partial charge in [0.05, 0.1) is 18.1 Å². The van der Waals surface area contributed by atoms with Crippen molar-refractivity contribution in [1.29, 1.82) is 0 Å². The van der Waals surface area contributed by atoms with Gasteiger partial charge in [-0.2, -0.15) is 0 Å². The van der Waals surface area contributed by atoms with Crippen LogP contribution in [0.15, 0.2) is 53.4 Å². The fourth-order valence-electron chi connectivity index (χ4n) is 2.88. The molecule has 0 aromatic heterocycles. The fourth-order valence-corrected chi connectivity index (χ4v) is 4.26. The van der Waals surface area contributed by atoms with Crippen LogP contribution in [0.1, 0.15) is 31.4 Å². The van der Waals surface area contributed by atoms with Crippen LogP contribution >= 0.6 is 24.0 Å². The fraction of sp³-hybridized carbons (Fsp3) is 0.304. The largest absolute Gasteiger partial charge is 0.493 e. The Morgan fingerprint density at radius 3 is 2.41 bits per heavy atom. The summed E-state index contributed by atoms with van der Waals surface area (Å²) >= 11 is 6.60. The second-order valence-electron chi connectivity index (χ2n) is 6.55. The first-order valence-corrected chi connectivity index (χ1v) is 11.0. The molecule has 1 saturated heterocycles. The highest BCUT2D eigenvalue weighted by molar-refractivity contribution is 8.26. The molecule has 29 heavy (non-hydrogen) atoms. The summed E-state index contributed by atoms with van der Waals surface area (Å²) in [7, 11) is 0. The zero-order valence-corrected chi connectivity index (χ0v) is 18.4. The standard InChI is InChI=1S/C23H25NO3S2/c1-3-17-9-11-19(12-10-17)26-13-6-14-27-20-8-5-7-18(15-20)16-21-22(25)24(4-2)23(28)29-21/h5,7-12,15-16H,3-4,6,13-14H2,1-2H3/b21-16-. The summed E-state index contributed by atoms with van der Waals surface area (Å²) in [5.74, 6) is 1.63. The first-order valence-electron chi connectivity index (χ1n) is 9.80. The molecule has 0 aliphatic carbocycles. The van der Waals surface area contributed by atoms with Gasteiger partial charge in [-0.1, -0.05) is 55.2 Å². The van der Waals surface area contributed by atoms with Gasteiger partial charge in [-0.15, -0.1) is 0 Å². The summed E-state index contributed by atoms with van der Waals surface area (Å²) in [5.41, 5.74) is 2.23. The Bertz CT molecular complexity index is 893. The number of ether oxygens (including phenoxy) is 2. The number of carbonyl (C=O) groups is 1. The summed E-state index contributed by atoms with van der Waals surface area (Å²) in [6, 6.07) is 15.9. The van der Waals surface area contributed by atoms with Gasteiger partial charge in [0.15, 0.2) is 0 Å². The van der Waals surface area contributed by atoms with Gasteiger partial charge < -0.3 is 9.47 Å². The van der Waals surface area contributed by atoms with Gasteiger partial charge in [-0.05, 0) is 54.8 Å². The Labute approximate surface area is 181 Å². The molecule has 3 rings (SSSR count). The minimum atomic E-state index is -0.0297. The number of rotatable bonds is 9. The summed E-state index contributed by atoms with van der Waals surface area (Å²) in [5, 5.41) is 0. The average Bonchev–Trinajstić information content (AvgIpc) is 3.00. The van der Waals surface area contributed by atoms with E-state index in [-0.39, 0.29) is 5.91 Å². The van der Waals surface area contributed by atoms with E-state index in [2.05, 4.69) is 19.1 Å². The molecule has 2 aromatic rings. The molecule has 1 aliphatic heterocycles. The third kappa shape index (κ3) is 5.84. The van der Waals surface area contributed by atoms with Gasteiger partial charge >= 0.3 is 0 Å².